The van der Waals surface area contributed by atoms with Crippen molar-refractivity contribution in [1.29, 1.82) is 0 Å². The minimum atomic E-state index is -1.17. The molecule has 0 fully saturated rings. The Hall–Kier alpha value is -1.44. The number of esters is 1. The molecule has 0 aliphatic rings. The van der Waals surface area contributed by atoms with Gasteiger partial charge in [-0.1, -0.05) is 0 Å². The molecule has 2 N–H and O–H groups in total. The number of hydrogen-bond acceptors (Lipinski definition) is 6. The van der Waals surface area contributed by atoms with Crippen LogP contribution in [0.15, 0.2) is 0 Å². The lowest BCUT2D eigenvalue weighted by Crippen LogP contribution is -2.53. The van der Waals surface area contributed by atoms with E-state index in [0.29, 0.717) is 5.75 Å². The SMILES string of the molecule is COC(=O)CCSC(C)(C)[C@@H](NC(=O)OC(C)(C)C)C(=O)O. The molecule has 0 aliphatic heterocycles. The van der Waals surface area contributed by atoms with Crippen LogP contribution in [-0.2, 0) is 19.1 Å². The van der Waals surface area contributed by atoms with E-state index in [2.05, 4.69) is 10.1 Å². The van der Waals surface area contributed by atoms with Gasteiger partial charge >= 0.3 is 18.0 Å². The number of carboxylic acids is 1. The van der Waals surface area contributed by atoms with Gasteiger partial charge in [0.15, 0.2) is 0 Å². The lowest BCUT2D eigenvalue weighted by Gasteiger charge is -2.32. The number of methoxy groups -OCH3 is 1. The van der Waals surface area contributed by atoms with Crippen LogP contribution in [0, 0.1) is 0 Å². The number of ether oxygens (including phenoxy) is 2. The van der Waals surface area contributed by atoms with E-state index in [-0.39, 0.29) is 12.4 Å². The van der Waals surface area contributed by atoms with Crippen molar-refractivity contribution in [1.82, 2.24) is 5.32 Å². The summed E-state index contributed by atoms with van der Waals surface area (Å²) in [7, 11) is 1.29. The molecule has 0 heterocycles. The first-order valence-corrected chi connectivity index (χ1v) is 7.80. The third kappa shape index (κ3) is 8.11. The maximum atomic E-state index is 11.8. The number of nitrogens with one attached hydrogen (secondary N) is 1. The van der Waals surface area contributed by atoms with E-state index in [0.717, 1.165) is 0 Å². The van der Waals surface area contributed by atoms with Gasteiger partial charge in [-0.2, -0.15) is 11.8 Å². The normalized spacial score (nSPS) is 13.2. The summed E-state index contributed by atoms with van der Waals surface area (Å²) in [5.74, 6) is -1.14. The fourth-order valence-electron chi connectivity index (χ4n) is 1.54. The van der Waals surface area contributed by atoms with Gasteiger partial charge in [0.2, 0.25) is 0 Å². The van der Waals surface area contributed by atoms with E-state index < -0.39 is 28.5 Å². The van der Waals surface area contributed by atoms with E-state index in [4.69, 9.17) is 4.74 Å². The van der Waals surface area contributed by atoms with Crippen molar-refractivity contribution in [2.75, 3.05) is 12.9 Å². The van der Waals surface area contributed by atoms with Crippen LogP contribution in [0.3, 0.4) is 0 Å². The predicted molar refractivity (Wildman–Crippen MR) is 84.0 cm³/mol. The van der Waals surface area contributed by atoms with Crippen LogP contribution in [0.25, 0.3) is 0 Å². The first kappa shape index (κ1) is 20.6. The second-order valence-corrected chi connectivity index (χ2v) is 7.94. The first-order chi connectivity index (χ1) is 9.89. The van der Waals surface area contributed by atoms with Crippen molar-refractivity contribution >= 4 is 29.8 Å². The van der Waals surface area contributed by atoms with Crippen molar-refractivity contribution in [2.24, 2.45) is 0 Å². The first-order valence-electron chi connectivity index (χ1n) is 6.82. The summed E-state index contributed by atoms with van der Waals surface area (Å²) in [6, 6.07) is -1.15. The van der Waals surface area contributed by atoms with Gasteiger partial charge in [0, 0.05) is 10.5 Å². The molecule has 0 rings (SSSR count). The van der Waals surface area contributed by atoms with Gasteiger partial charge in [-0.05, 0) is 34.6 Å². The molecule has 22 heavy (non-hydrogen) atoms. The lowest BCUT2D eigenvalue weighted by atomic mass is 10.0. The molecule has 0 unspecified atom stereocenters. The molecule has 0 saturated carbocycles. The van der Waals surface area contributed by atoms with Crippen LogP contribution in [0.1, 0.15) is 41.0 Å². The average molecular weight is 335 g/mol. The Morgan fingerprint density at radius 3 is 2.14 bits per heavy atom. The number of carbonyl (C=O) groups is 3. The minimum absolute atomic E-state index is 0.170. The second-order valence-electron chi connectivity index (χ2n) is 6.20. The van der Waals surface area contributed by atoms with E-state index >= 15 is 0 Å². The van der Waals surface area contributed by atoms with Crippen LogP contribution < -0.4 is 5.32 Å². The molecule has 0 saturated heterocycles. The molecule has 0 radical (unpaired) electrons. The Kier molecular flexibility index (Phi) is 7.72. The molecule has 7 nitrogen and oxygen atoms in total. The molecule has 1 amide bonds. The molecular weight excluding hydrogens is 310 g/mol. The van der Waals surface area contributed by atoms with Gasteiger partial charge in [0.05, 0.1) is 13.5 Å². The maximum Gasteiger partial charge on any atom is 0.408 e. The molecule has 0 aromatic carbocycles. The topological polar surface area (TPSA) is 102 Å². The van der Waals surface area contributed by atoms with Gasteiger partial charge in [-0.15, -0.1) is 0 Å². The Morgan fingerprint density at radius 1 is 1.18 bits per heavy atom. The fraction of sp³-hybridized carbons (Fsp3) is 0.786. The summed E-state index contributed by atoms with van der Waals surface area (Å²) in [6.45, 7) is 8.45. The van der Waals surface area contributed by atoms with E-state index in [1.807, 2.05) is 0 Å². The number of carbonyl (C=O) groups excluding carboxylic acids is 2. The van der Waals surface area contributed by atoms with Gasteiger partial charge in [0.25, 0.3) is 0 Å². The maximum absolute atomic E-state index is 11.8. The van der Waals surface area contributed by atoms with Gasteiger partial charge in [-0.25, -0.2) is 9.59 Å². The lowest BCUT2D eigenvalue weighted by molar-refractivity contribution is -0.140. The highest BCUT2D eigenvalue weighted by atomic mass is 32.2. The van der Waals surface area contributed by atoms with Crippen molar-refractivity contribution in [3.05, 3.63) is 0 Å². The number of rotatable bonds is 7. The van der Waals surface area contributed by atoms with Gasteiger partial charge in [-0.3, -0.25) is 4.79 Å². The van der Waals surface area contributed by atoms with Crippen LogP contribution >= 0.6 is 11.8 Å². The standard InChI is InChI=1S/C14H25NO6S/c1-13(2,3)21-12(19)15-10(11(17)18)14(4,5)22-8-7-9(16)20-6/h10H,7-8H2,1-6H3,(H,15,19)(H,17,18)/t10-/m0/s1. The van der Waals surface area contributed by atoms with Gasteiger partial charge in [0.1, 0.15) is 11.6 Å². The summed E-state index contributed by atoms with van der Waals surface area (Å²) in [4.78, 5) is 34.3. The zero-order valence-electron chi connectivity index (χ0n) is 13.9. The molecule has 8 heteroatoms. The third-order valence-electron chi connectivity index (χ3n) is 2.61. The zero-order valence-corrected chi connectivity index (χ0v) is 14.7. The Labute approximate surface area is 135 Å². The summed E-state index contributed by atoms with van der Waals surface area (Å²) in [5, 5.41) is 11.7. The monoisotopic (exact) mass is 335 g/mol. The Bertz CT molecular complexity index is 416. The van der Waals surface area contributed by atoms with Crippen molar-refractivity contribution in [3.63, 3.8) is 0 Å². The number of aliphatic carboxylic acids is 1. The molecule has 0 aromatic rings. The molecule has 0 bridgehead atoms. The zero-order chi connectivity index (χ0) is 17.6. The number of amides is 1. The van der Waals surface area contributed by atoms with Crippen LogP contribution in [-0.4, -0.2) is 52.4 Å². The molecule has 0 spiro atoms. The second kappa shape index (κ2) is 8.26. The molecule has 128 valence electrons. The average Bonchev–Trinajstić information content (AvgIpc) is 2.32. The smallest absolute Gasteiger partial charge is 0.408 e. The summed E-state index contributed by atoms with van der Waals surface area (Å²) in [6.07, 6.45) is -0.620. The number of carboxylic acid groups (broad SMARTS) is 1. The van der Waals surface area contributed by atoms with E-state index in [9.17, 15) is 19.5 Å². The van der Waals surface area contributed by atoms with Crippen molar-refractivity contribution in [2.45, 2.75) is 57.4 Å². The molecule has 0 aromatic heterocycles. The summed E-state index contributed by atoms with van der Waals surface area (Å²) in [5.41, 5.74) is -0.713. The minimum Gasteiger partial charge on any atom is -0.480 e. The number of hydrogen-bond donors (Lipinski definition) is 2. The van der Waals surface area contributed by atoms with E-state index in [1.54, 1.807) is 34.6 Å². The number of alkyl carbamates (subject to hydrolysis) is 1. The van der Waals surface area contributed by atoms with Crippen LogP contribution in [0.2, 0.25) is 0 Å². The van der Waals surface area contributed by atoms with Crippen molar-refractivity contribution in [3.8, 4) is 0 Å². The van der Waals surface area contributed by atoms with Crippen LogP contribution in [0.4, 0.5) is 4.79 Å². The number of thioether (sulfide) groups is 1. The molecular formula is C14H25NO6S. The Morgan fingerprint density at radius 2 is 1.73 bits per heavy atom. The highest BCUT2D eigenvalue weighted by Gasteiger charge is 2.38. The van der Waals surface area contributed by atoms with E-state index in [1.165, 1.54) is 18.9 Å². The summed E-state index contributed by atoms with van der Waals surface area (Å²) < 4.78 is 8.79. The summed E-state index contributed by atoms with van der Waals surface area (Å²) >= 11 is 1.27. The highest BCUT2D eigenvalue weighted by molar-refractivity contribution is 8.00. The largest absolute Gasteiger partial charge is 0.480 e. The third-order valence-corrected chi connectivity index (χ3v) is 4.00. The fourth-order valence-corrected chi connectivity index (χ4v) is 2.66. The molecule has 0 aliphatic carbocycles. The molecule has 1 atom stereocenters. The van der Waals surface area contributed by atoms with Crippen LogP contribution in [0.5, 0.6) is 0 Å². The quantitative estimate of drug-likeness (QED) is 0.686. The predicted octanol–water partition coefficient (Wildman–Crippen LogP) is 2.04. The Balaban J connectivity index is 4.74. The van der Waals surface area contributed by atoms with Crippen molar-refractivity contribution < 1.29 is 29.0 Å². The van der Waals surface area contributed by atoms with Gasteiger partial charge < -0.3 is 19.9 Å². The highest BCUT2D eigenvalue weighted by Crippen LogP contribution is 2.29.